The fourth-order valence-electron chi connectivity index (χ4n) is 8.94. The van der Waals surface area contributed by atoms with Gasteiger partial charge < -0.3 is 8.98 Å². The maximum Gasteiger partial charge on any atom is 0.179 e. The van der Waals surface area contributed by atoms with E-state index in [4.69, 9.17) is 14.4 Å². The molecular weight excluding hydrogens is 689 g/mol. The van der Waals surface area contributed by atoms with Gasteiger partial charge in [-0.15, -0.1) is 0 Å². The largest absolute Gasteiger partial charge is 0.456 e. The van der Waals surface area contributed by atoms with Gasteiger partial charge in [0.25, 0.3) is 0 Å². The van der Waals surface area contributed by atoms with Crippen LogP contribution in [-0.2, 0) is 7.05 Å². The van der Waals surface area contributed by atoms with E-state index >= 15 is 0 Å². The van der Waals surface area contributed by atoms with Crippen LogP contribution >= 0.6 is 0 Å². The molecule has 0 atom stereocenters. The van der Waals surface area contributed by atoms with Crippen molar-refractivity contribution in [2.45, 2.75) is 0 Å². The first-order valence-electron chi connectivity index (χ1n) is 18.6. The van der Waals surface area contributed by atoms with Crippen LogP contribution in [0, 0.1) is 0 Å². The van der Waals surface area contributed by atoms with E-state index in [9.17, 15) is 0 Å². The van der Waals surface area contributed by atoms with Crippen molar-refractivity contribution in [3.8, 4) is 17.2 Å². The summed E-state index contributed by atoms with van der Waals surface area (Å²) in [7, 11) is -0.872. The van der Waals surface area contributed by atoms with Crippen molar-refractivity contribution in [1.29, 1.82) is 0 Å². The van der Waals surface area contributed by atoms with Crippen molar-refractivity contribution >= 4 is 83.6 Å². The summed E-state index contributed by atoms with van der Waals surface area (Å²) in [6.45, 7) is 0. The van der Waals surface area contributed by atoms with Crippen LogP contribution in [0.2, 0.25) is 0 Å². The van der Waals surface area contributed by atoms with E-state index in [1.807, 2.05) is 18.3 Å². The molecule has 0 aliphatic carbocycles. The molecule has 11 rings (SSSR count). The number of fused-ring (bicyclic) bond motifs is 8. The number of hydrogen-bond acceptors (Lipinski definition) is 3. The number of hydrogen-bond donors (Lipinski definition) is 0. The first-order chi connectivity index (χ1) is 27.2. The van der Waals surface area contributed by atoms with Gasteiger partial charge in [0.05, 0.1) is 27.5 Å². The van der Waals surface area contributed by atoms with Crippen LogP contribution in [0.3, 0.4) is 0 Å². The molecule has 7 aromatic carbocycles. The second-order valence-electron chi connectivity index (χ2n) is 14.2. The Morgan fingerprint density at radius 1 is 0.509 bits per heavy atom. The summed E-state index contributed by atoms with van der Waals surface area (Å²) in [6.07, 6.45) is 1.88. The highest BCUT2D eigenvalue weighted by Crippen LogP contribution is 2.40. The zero-order valence-corrected chi connectivity index (χ0v) is 31.1. The molecule has 55 heavy (non-hydrogen) atoms. The minimum Gasteiger partial charge on any atom is -0.456 e. The monoisotopic (exact) mass is 722 g/mol. The van der Waals surface area contributed by atoms with Gasteiger partial charge in [0.1, 0.15) is 22.8 Å². The second-order valence-corrected chi connectivity index (χ2v) is 18.0. The highest BCUT2D eigenvalue weighted by molar-refractivity contribution is 7.20. The highest BCUT2D eigenvalue weighted by atomic mass is 28.3. The van der Waals surface area contributed by atoms with E-state index in [2.05, 4.69) is 186 Å². The molecule has 0 saturated carbocycles. The van der Waals surface area contributed by atoms with Crippen LogP contribution in [0.5, 0.6) is 0 Å². The first kappa shape index (κ1) is 31.5. The summed E-state index contributed by atoms with van der Waals surface area (Å²) in [4.78, 5) is 10.1. The van der Waals surface area contributed by atoms with Crippen LogP contribution in [0.1, 0.15) is 0 Å². The van der Waals surface area contributed by atoms with E-state index in [1.165, 1.54) is 31.5 Å². The molecule has 0 unspecified atom stereocenters. The van der Waals surface area contributed by atoms with E-state index in [1.54, 1.807) is 0 Å². The third-order valence-electron chi connectivity index (χ3n) is 11.3. The highest BCUT2D eigenvalue weighted by Gasteiger charge is 2.42. The SMILES string of the molecule is Cn1c(-c2cccc([Si](c3ccccc3)(c3ccccc3)c3ccc4c5ccc6oc7ccccc7c6c5n(-c5ccccn5)c4c3)c2)nc2ccccc21. The van der Waals surface area contributed by atoms with Gasteiger partial charge in [-0.05, 0) is 69.3 Å². The number of aryl methyl sites for hydroxylation is 1. The Balaban J connectivity index is 1.26. The molecule has 0 amide bonds. The molecule has 5 nitrogen and oxygen atoms in total. The maximum atomic E-state index is 6.44. The van der Waals surface area contributed by atoms with Crippen LogP contribution in [0.15, 0.2) is 193 Å². The zero-order valence-electron chi connectivity index (χ0n) is 30.1. The topological polar surface area (TPSA) is 48.8 Å². The molecule has 0 aliphatic rings. The predicted molar refractivity (Wildman–Crippen MR) is 229 cm³/mol. The number of pyridine rings is 1. The Labute approximate surface area is 318 Å². The van der Waals surface area contributed by atoms with E-state index in [0.717, 1.165) is 61.2 Å². The molecule has 6 heteroatoms. The van der Waals surface area contributed by atoms with Crippen molar-refractivity contribution in [2.75, 3.05) is 0 Å². The number of rotatable bonds is 6. The number of benzene rings is 7. The lowest BCUT2D eigenvalue weighted by atomic mass is 10.1. The molecule has 4 heterocycles. The molecule has 11 aromatic rings. The van der Waals surface area contributed by atoms with E-state index < -0.39 is 8.07 Å². The predicted octanol–water partition coefficient (Wildman–Crippen LogP) is 9.01. The van der Waals surface area contributed by atoms with Crippen molar-refractivity contribution in [3.63, 3.8) is 0 Å². The standard InChI is InChI=1S/C49H34N4OSi/c1-52-42-23-10-9-22-41(42)51-49(52)33-15-14-20-36(31-33)55(34-16-4-2-5-17-34,35-18-6-3-7-19-35)37-26-27-38-39-28-29-45-47(40-21-8-11-24-44(40)54-45)48(39)53(43(38)32-37)46-25-12-13-30-50-46/h2-32H,1H3. The quantitative estimate of drug-likeness (QED) is 0.127. The van der Waals surface area contributed by atoms with Gasteiger partial charge >= 0.3 is 0 Å². The van der Waals surface area contributed by atoms with Crippen LogP contribution in [0.25, 0.3) is 72.0 Å². The summed E-state index contributed by atoms with van der Waals surface area (Å²) in [5, 5.41) is 9.74. The summed E-state index contributed by atoms with van der Waals surface area (Å²) in [5.41, 5.74) is 7.16. The van der Waals surface area contributed by atoms with Gasteiger partial charge in [-0.1, -0.05) is 133 Å². The Morgan fingerprint density at radius 2 is 1.20 bits per heavy atom. The van der Waals surface area contributed by atoms with Crippen LogP contribution in [-0.4, -0.2) is 27.2 Å². The van der Waals surface area contributed by atoms with Gasteiger partial charge in [-0.25, -0.2) is 9.97 Å². The number of para-hydroxylation sites is 3. The third kappa shape index (κ3) is 4.65. The summed E-state index contributed by atoms with van der Waals surface area (Å²) >= 11 is 0. The van der Waals surface area contributed by atoms with E-state index in [-0.39, 0.29) is 0 Å². The number of aromatic nitrogens is 4. The summed E-state index contributed by atoms with van der Waals surface area (Å²) in [5.74, 6) is 1.82. The van der Waals surface area contributed by atoms with Crippen LogP contribution < -0.4 is 20.7 Å². The maximum absolute atomic E-state index is 6.44. The Kier molecular flexibility index (Phi) is 7.02. The molecule has 0 N–H and O–H groups in total. The fourth-order valence-corrected chi connectivity index (χ4v) is 13.7. The third-order valence-corrected chi connectivity index (χ3v) is 16.1. The molecule has 0 radical (unpaired) electrons. The lowest BCUT2D eigenvalue weighted by molar-refractivity contribution is 0.669. The molecule has 4 aromatic heterocycles. The molecule has 0 spiro atoms. The lowest BCUT2D eigenvalue weighted by Crippen LogP contribution is -2.74. The second kappa shape index (κ2) is 12.3. The molecule has 0 aliphatic heterocycles. The van der Waals surface area contributed by atoms with Gasteiger partial charge in [-0.3, -0.25) is 4.57 Å². The Bertz CT molecular complexity index is 3180. The van der Waals surface area contributed by atoms with Crippen molar-refractivity contribution < 1.29 is 4.42 Å². The lowest BCUT2D eigenvalue weighted by Gasteiger charge is -2.34. The molecular formula is C49H34N4OSi. The van der Waals surface area contributed by atoms with Crippen LogP contribution in [0.4, 0.5) is 0 Å². The van der Waals surface area contributed by atoms with E-state index in [0.29, 0.717) is 0 Å². The fraction of sp³-hybridized carbons (Fsp3) is 0.0204. The average molecular weight is 723 g/mol. The molecule has 0 bridgehead atoms. The summed E-state index contributed by atoms with van der Waals surface area (Å²) in [6, 6.07) is 65.7. The van der Waals surface area contributed by atoms with Crippen molar-refractivity contribution in [1.82, 2.24) is 19.1 Å². The Hall–Kier alpha value is -7.02. The molecule has 260 valence electrons. The van der Waals surface area contributed by atoms with Gasteiger partial charge in [0, 0.05) is 35.0 Å². The van der Waals surface area contributed by atoms with Crippen molar-refractivity contribution in [3.05, 3.63) is 188 Å². The minimum atomic E-state index is -2.98. The number of furan rings is 1. The van der Waals surface area contributed by atoms with Gasteiger partial charge in [0.15, 0.2) is 8.07 Å². The molecule has 0 saturated heterocycles. The first-order valence-corrected chi connectivity index (χ1v) is 20.6. The van der Waals surface area contributed by atoms with Crippen molar-refractivity contribution in [2.24, 2.45) is 7.05 Å². The van der Waals surface area contributed by atoms with Gasteiger partial charge in [-0.2, -0.15) is 0 Å². The summed E-state index contributed by atoms with van der Waals surface area (Å²) < 4.78 is 11.0. The Morgan fingerprint density at radius 3 is 1.98 bits per heavy atom. The molecule has 0 fully saturated rings. The average Bonchev–Trinajstić information content (AvgIpc) is 3.91. The normalized spacial score (nSPS) is 12.1. The smallest absolute Gasteiger partial charge is 0.179 e. The number of imidazole rings is 1. The zero-order chi connectivity index (χ0) is 36.5. The van der Waals surface area contributed by atoms with Gasteiger partial charge in [0.2, 0.25) is 0 Å². The minimum absolute atomic E-state index is 0.866. The number of nitrogens with zero attached hydrogens (tertiary/aromatic N) is 4.